The first-order chi connectivity index (χ1) is 13.2. The van der Waals surface area contributed by atoms with Gasteiger partial charge in [0.1, 0.15) is 11.6 Å². The van der Waals surface area contributed by atoms with Gasteiger partial charge in [0.2, 0.25) is 0 Å². The molecule has 1 atom stereocenters. The Balaban J connectivity index is 0.00000280. The van der Waals surface area contributed by atoms with Crippen molar-refractivity contribution in [1.29, 1.82) is 0 Å². The lowest BCUT2D eigenvalue weighted by Crippen LogP contribution is -2.48. The van der Waals surface area contributed by atoms with Crippen molar-refractivity contribution < 1.29 is 18.7 Å². The number of piperazine rings is 1. The predicted molar refractivity (Wildman–Crippen MR) is 109 cm³/mol. The third-order valence-corrected chi connectivity index (χ3v) is 4.58. The minimum atomic E-state index is -0.295. The summed E-state index contributed by atoms with van der Waals surface area (Å²) in [5.41, 5.74) is 1.37. The van der Waals surface area contributed by atoms with Crippen molar-refractivity contribution in [2.45, 2.75) is 12.5 Å². The topological polar surface area (TPSA) is 50.8 Å². The minimum Gasteiger partial charge on any atom is -0.493 e. The van der Waals surface area contributed by atoms with Gasteiger partial charge in [-0.1, -0.05) is 18.2 Å². The van der Waals surface area contributed by atoms with E-state index in [-0.39, 0.29) is 30.2 Å². The smallest absolute Gasteiger partial charge is 0.254 e. The number of halogens is 2. The molecule has 1 fully saturated rings. The Morgan fingerprint density at radius 1 is 1.21 bits per heavy atom. The Morgan fingerprint density at radius 3 is 2.82 bits per heavy atom. The zero-order valence-corrected chi connectivity index (χ0v) is 16.7. The Bertz CT molecular complexity index is 775. The lowest BCUT2D eigenvalue weighted by molar-refractivity contribution is 0.0633. The fraction of sp³-hybridized carbons (Fsp3) is 0.381. The maximum atomic E-state index is 13.7. The van der Waals surface area contributed by atoms with E-state index in [4.69, 9.17) is 9.47 Å². The summed E-state index contributed by atoms with van der Waals surface area (Å²) in [7, 11) is 1.65. The first-order valence-corrected chi connectivity index (χ1v) is 9.18. The number of hydrogen-bond acceptors (Lipinski definition) is 4. The molecule has 0 spiro atoms. The third kappa shape index (κ3) is 5.67. The van der Waals surface area contributed by atoms with Crippen LogP contribution in [-0.2, 0) is 4.74 Å². The number of rotatable bonds is 7. The SMILES string of the molecule is COCCCOc1cccc(C(=O)N2CCNCC2c2cccc(F)c2)c1.Cl. The zero-order valence-electron chi connectivity index (χ0n) is 15.9. The molecular weight excluding hydrogens is 383 g/mol. The van der Waals surface area contributed by atoms with E-state index in [1.165, 1.54) is 12.1 Å². The van der Waals surface area contributed by atoms with Gasteiger partial charge in [-0.2, -0.15) is 0 Å². The van der Waals surface area contributed by atoms with Crippen molar-refractivity contribution in [2.24, 2.45) is 0 Å². The van der Waals surface area contributed by atoms with Gasteiger partial charge in [-0.05, 0) is 35.9 Å². The second-order valence-corrected chi connectivity index (χ2v) is 6.50. The Labute approximate surface area is 171 Å². The fourth-order valence-corrected chi connectivity index (χ4v) is 3.24. The van der Waals surface area contributed by atoms with Gasteiger partial charge in [-0.25, -0.2) is 4.39 Å². The molecule has 3 rings (SSSR count). The second kappa shape index (κ2) is 11.0. The molecule has 152 valence electrons. The molecule has 0 radical (unpaired) electrons. The quantitative estimate of drug-likeness (QED) is 0.713. The normalized spacial score (nSPS) is 16.4. The number of ether oxygens (including phenoxy) is 2. The molecule has 1 saturated heterocycles. The molecule has 0 bridgehead atoms. The second-order valence-electron chi connectivity index (χ2n) is 6.50. The van der Waals surface area contributed by atoms with Crippen molar-refractivity contribution in [1.82, 2.24) is 10.2 Å². The summed E-state index contributed by atoms with van der Waals surface area (Å²) >= 11 is 0. The van der Waals surface area contributed by atoms with E-state index in [1.807, 2.05) is 18.2 Å². The van der Waals surface area contributed by atoms with Gasteiger partial charge in [0, 0.05) is 45.3 Å². The van der Waals surface area contributed by atoms with Crippen molar-refractivity contribution in [2.75, 3.05) is 40.0 Å². The van der Waals surface area contributed by atoms with Crippen molar-refractivity contribution >= 4 is 18.3 Å². The molecule has 0 saturated carbocycles. The first-order valence-electron chi connectivity index (χ1n) is 9.18. The molecular formula is C21H26ClFN2O3. The van der Waals surface area contributed by atoms with E-state index >= 15 is 0 Å². The van der Waals surface area contributed by atoms with E-state index in [1.54, 1.807) is 30.2 Å². The van der Waals surface area contributed by atoms with Crippen molar-refractivity contribution in [3.8, 4) is 5.75 Å². The van der Waals surface area contributed by atoms with Gasteiger partial charge in [0.05, 0.1) is 12.6 Å². The molecule has 1 amide bonds. The number of carbonyl (C=O) groups is 1. The van der Waals surface area contributed by atoms with Crippen LogP contribution in [-0.4, -0.2) is 50.8 Å². The summed E-state index contributed by atoms with van der Waals surface area (Å²) in [6, 6.07) is 13.4. The van der Waals surface area contributed by atoms with Gasteiger partial charge in [0.15, 0.2) is 0 Å². The lowest BCUT2D eigenvalue weighted by atomic mass is 10.0. The summed E-state index contributed by atoms with van der Waals surface area (Å²) in [6.07, 6.45) is 0.786. The Morgan fingerprint density at radius 2 is 2.04 bits per heavy atom. The number of benzene rings is 2. The standard InChI is InChI=1S/C21H25FN2O3.ClH/c1-26-11-4-12-27-19-8-3-6-17(14-19)21(25)24-10-9-23-15-20(24)16-5-2-7-18(22)13-16;/h2-3,5-8,13-14,20,23H,4,9-12,15H2,1H3;1H. The van der Waals surface area contributed by atoms with E-state index in [0.717, 1.165) is 12.0 Å². The van der Waals surface area contributed by atoms with E-state index < -0.39 is 0 Å². The van der Waals surface area contributed by atoms with Crippen LogP contribution in [0, 0.1) is 5.82 Å². The zero-order chi connectivity index (χ0) is 19.1. The van der Waals surface area contributed by atoms with Gasteiger partial charge in [-0.15, -0.1) is 12.4 Å². The molecule has 1 aliphatic heterocycles. The Kier molecular flexibility index (Phi) is 8.70. The molecule has 2 aromatic carbocycles. The van der Waals surface area contributed by atoms with Gasteiger partial charge < -0.3 is 19.7 Å². The van der Waals surface area contributed by atoms with Crippen LogP contribution in [0.1, 0.15) is 28.4 Å². The molecule has 28 heavy (non-hydrogen) atoms. The average molecular weight is 409 g/mol. The summed E-state index contributed by atoms with van der Waals surface area (Å²) in [5, 5.41) is 3.29. The largest absolute Gasteiger partial charge is 0.493 e. The van der Waals surface area contributed by atoms with Gasteiger partial charge >= 0.3 is 0 Å². The molecule has 1 heterocycles. The van der Waals surface area contributed by atoms with Crippen molar-refractivity contribution in [3.63, 3.8) is 0 Å². The highest BCUT2D eigenvalue weighted by Crippen LogP contribution is 2.26. The predicted octanol–water partition coefficient (Wildman–Crippen LogP) is 3.45. The molecule has 5 nitrogen and oxygen atoms in total. The van der Waals surface area contributed by atoms with Crippen LogP contribution in [0.5, 0.6) is 5.75 Å². The number of hydrogen-bond donors (Lipinski definition) is 1. The lowest BCUT2D eigenvalue weighted by Gasteiger charge is -2.36. The number of carbonyl (C=O) groups excluding carboxylic acids is 1. The van der Waals surface area contributed by atoms with E-state index in [9.17, 15) is 9.18 Å². The molecule has 0 aromatic heterocycles. The van der Waals surface area contributed by atoms with Crippen molar-refractivity contribution in [3.05, 3.63) is 65.5 Å². The highest BCUT2D eigenvalue weighted by atomic mass is 35.5. The third-order valence-electron chi connectivity index (χ3n) is 4.58. The average Bonchev–Trinajstić information content (AvgIpc) is 2.71. The molecule has 2 aromatic rings. The number of nitrogens with zero attached hydrogens (tertiary/aromatic N) is 1. The number of nitrogens with one attached hydrogen (secondary N) is 1. The van der Waals surface area contributed by atoms with E-state index in [2.05, 4.69) is 5.32 Å². The number of amides is 1. The summed E-state index contributed by atoms with van der Waals surface area (Å²) in [4.78, 5) is 14.9. The van der Waals surface area contributed by atoms with Crippen LogP contribution < -0.4 is 10.1 Å². The number of methoxy groups -OCH3 is 1. The van der Waals surface area contributed by atoms with Crippen LogP contribution in [0.3, 0.4) is 0 Å². The van der Waals surface area contributed by atoms with Crippen LogP contribution >= 0.6 is 12.4 Å². The summed E-state index contributed by atoms with van der Waals surface area (Å²) in [6.45, 7) is 3.05. The molecule has 7 heteroatoms. The molecule has 1 N–H and O–H groups in total. The van der Waals surface area contributed by atoms with E-state index in [0.29, 0.717) is 44.2 Å². The molecule has 1 unspecified atom stereocenters. The van der Waals surface area contributed by atoms with Gasteiger partial charge in [0.25, 0.3) is 5.91 Å². The minimum absolute atomic E-state index is 0. The summed E-state index contributed by atoms with van der Waals surface area (Å²) in [5.74, 6) is 0.291. The fourth-order valence-electron chi connectivity index (χ4n) is 3.24. The van der Waals surface area contributed by atoms with Crippen LogP contribution in [0.2, 0.25) is 0 Å². The summed E-state index contributed by atoms with van der Waals surface area (Å²) < 4.78 is 24.4. The highest BCUT2D eigenvalue weighted by Gasteiger charge is 2.29. The highest BCUT2D eigenvalue weighted by molar-refractivity contribution is 5.95. The molecule has 1 aliphatic rings. The van der Waals surface area contributed by atoms with Crippen LogP contribution in [0.15, 0.2) is 48.5 Å². The van der Waals surface area contributed by atoms with Crippen LogP contribution in [0.25, 0.3) is 0 Å². The van der Waals surface area contributed by atoms with Gasteiger partial charge in [-0.3, -0.25) is 4.79 Å². The molecule has 0 aliphatic carbocycles. The maximum absolute atomic E-state index is 13.7. The maximum Gasteiger partial charge on any atom is 0.254 e. The monoisotopic (exact) mass is 408 g/mol. The Hall–Kier alpha value is -2.15. The van der Waals surface area contributed by atoms with Crippen LogP contribution in [0.4, 0.5) is 4.39 Å². The first kappa shape index (κ1) is 22.1.